The second-order valence-electron chi connectivity index (χ2n) is 8.77. The minimum Gasteiger partial charge on any atom is -0.352 e. The zero-order chi connectivity index (χ0) is 22.0. The first-order valence-electron chi connectivity index (χ1n) is 11.2. The first kappa shape index (κ1) is 21.4. The summed E-state index contributed by atoms with van der Waals surface area (Å²) in [5.74, 6) is 0.133. The van der Waals surface area contributed by atoms with Crippen LogP contribution in [0.15, 0.2) is 36.4 Å². The number of carbonyl (C=O) groups is 2. The van der Waals surface area contributed by atoms with Gasteiger partial charge in [-0.15, -0.1) is 0 Å². The molecule has 1 saturated heterocycles. The van der Waals surface area contributed by atoms with E-state index in [0.717, 1.165) is 48.6 Å². The van der Waals surface area contributed by atoms with Gasteiger partial charge in [0.05, 0.1) is 6.54 Å². The average molecular weight is 421 g/mol. The molecule has 0 bridgehead atoms. The third-order valence-electron chi connectivity index (χ3n) is 6.16. The van der Waals surface area contributed by atoms with Gasteiger partial charge in [0.1, 0.15) is 0 Å². The standard InChI is InChI=1S/C25H32N4O2/c1-18-4-9-23(10-5-18)29-19(2)16-21(20(29)3)6-11-25(31)28-14-12-27(13-15-28)17-24(30)26-22-7-8-22/h4-6,9-11,16,22H,7-8,12-15,17H2,1-3H3,(H,26,30)/b11-6+. The van der Waals surface area contributed by atoms with Crippen molar-refractivity contribution >= 4 is 17.9 Å². The summed E-state index contributed by atoms with van der Waals surface area (Å²) in [6.07, 6.45) is 5.81. The molecule has 1 aromatic heterocycles. The molecule has 2 heterocycles. The molecule has 6 nitrogen and oxygen atoms in total. The van der Waals surface area contributed by atoms with Crippen LogP contribution in [0, 0.1) is 20.8 Å². The molecule has 0 spiro atoms. The van der Waals surface area contributed by atoms with Crippen molar-refractivity contribution in [2.75, 3.05) is 32.7 Å². The normalized spacial score (nSPS) is 17.3. The summed E-state index contributed by atoms with van der Waals surface area (Å²) in [6, 6.07) is 11.0. The highest BCUT2D eigenvalue weighted by Gasteiger charge is 2.26. The molecule has 1 aromatic carbocycles. The van der Waals surface area contributed by atoms with E-state index in [1.807, 2.05) is 11.0 Å². The molecule has 164 valence electrons. The third kappa shape index (κ3) is 5.25. The van der Waals surface area contributed by atoms with Crippen LogP contribution in [0.5, 0.6) is 0 Å². The van der Waals surface area contributed by atoms with Gasteiger partial charge >= 0.3 is 0 Å². The Kier molecular flexibility index (Phi) is 6.28. The lowest BCUT2D eigenvalue weighted by Gasteiger charge is -2.33. The Morgan fingerprint density at radius 3 is 2.35 bits per heavy atom. The summed E-state index contributed by atoms with van der Waals surface area (Å²) in [5, 5.41) is 3.03. The van der Waals surface area contributed by atoms with Gasteiger partial charge in [-0.1, -0.05) is 17.7 Å². The second-order valence-corrected chi connectivity index (χ2v) is 8.77. The highest BCUT2D eigenvalue weighted by molar-refractivity contribution is 5.92. The van der Waals surface area contributed by atoms with Crippen molar-refractivity contribution in [2.24, 2.45) is 0 Å². The minimum absolute atomic E-state index is 0.0298. The van der Waals surface area contributed by atoms with Crippen molar-refractivity contribution in [1.29, 1.82) is 0 Å². The van der Waals surface area contributed by atoms with E-state index in [1.165, 1.54) is 5.56 Å². The maximum atomic E-state index is 12.7. The quantitative estimate of drug-likeness (QED) is 0.731. The smallest absolute Gasteiger partial charge is 0.246 e. The number of hydrogen-bond donors (Lipinski definition) is 1. The molecule has 0 unspecified atom stereocenters. The molecule has 2 aliphatic rings. The van der Waals surface area contributed by atoms with E-state index in [1.54, 1.807) is 6.08 Å². The molecule has 0 atom stereocenters. The Morgan fingerprint density at radius 2 is 1.71 bits per heavy atom. The van der Waals surface area contributed by atoms with Gasteiger partial charge in [0.25, 0.3) is 0 Å². The Morgan fingerprint density at radius 1 is 1.03 bits per heavy atom. The summed E-state index contributed by atoms with van der Waals surface area (Å²) in [4.78, 5) is 28.7. The molecule has 6 heteroatoms. The number of piperazine rings is 1. The largest absolute Gasteiger partial charge is 0.352 e. The molecule has 31 heavy (non-hydrogen) atoms. The van der Waals surface area contributed by atoms with Crippen LogP contribution in [-0.4, -0.2) is 64.9 Å². The lowest BCUT2D eigenvalue weighted by atomic mass is 10.2. The van der Waals surface area contributed by atoms with Crippen LogP contribution < -0.4 is 5.32 Å². The maximum Gasteiger partial charge on any atom is 0.246 e. The number of aryl methyl sites for hydroxylation is 2. The molecular weight excluding hydrogens is 388 g/mol. The van der Waals surface area contributed by atoms with Gasteiger partial charge in [0.15, 0.2) is 0 Å². The topological polar surface area (TPSA) is 57.6 Å². The van der Waals surface area contributed by atoms with E-state index in [9.17, 15) is 9.59 Å². The van der Waals surface area contributed by atoms with Crippen molar-refractivity contribution < 1.29 is 9.59 Å². The molecule has 2 amide bonds. The predicted octanol–water partition coefficient (Wildman–Crippen LogP) is 2.84. The Balaban J connectivity index is 1.34. The van der Waals surface area contributed by atoms with Crippen LogP contribution in [0.1, 0.15) is 35.4 Å². The Labute approximate surface area is 184 Å². The van der Waals surface area contributed by atoms with E-state index in [-0.39, 0.29) is 11.8 Å². The van der Waals surface area contributed by atoms with Crippen molar-refractivity contribution in [3.05, 3.63) is 58.9 Å². The first-order chi connectivity index (χ1) is 14.9. The zero-order valence-electron chi connectivity index (χ0n) is 18.7. The molecule has 2 aromatic rings. The van der Waals surface area contributed by atoms with Crippen molar-refractivity contribution in [3.63, 3.8) is 0 Å². The lowest BCUT2D eigenvalue weighted by Crippen LogP contribution is -2.51. The molecule has 1 aliphatic carbocycles. The molecule has 0 radical (unpaired) electrons. The average Bonchev–Trinajstić information content (AvgIpc) is 3.51. The lowest BCUT2D eigenvalue weighted by molar-refractivity contribution is -0.128. The Bertz CT molecular complexity index is 978. The number of aromatic nitrogens is 1. The number of nitrogens with one attached hydrogen (secondary N) is 1. The summed E-state index contributed by atoms with van der Waals surface area (Å²) in [5.41, 5.74) is 5.69. The summed E-state index contributed by atoms with van der Waals surface area (Å²) in [6.45, 7) is 9.47. The van der Waals surface area contributed by atoms with Crippen LogP contribution >= 0.6 is 0 Å². The molecule has 2 fully saturated rings. The highest BCUT2D eigenvalue weighted by atomic mass is 16.2. The SMILES string of the molecule is Cc1ccc(-n2c(C)cc(/C=C/C(=O)N3CCN(CC(=O)NC4CC4)CC3)c2C)cc1. The van der Waals surface area contributed by atoms with E-state index in [0.29, 0.717) is 25.7 Å². The van der Waals surface area contributed by atoms with Crippen molar-refractivity contribution in [3.8, 4) is 5.69 Å². The molecule has 4 rings (SSSR count). The van der Waals surface area contributed by atoms with Gasteiger partial charge in [-0.25, -0.2) is 0 Å². The monoisotopic (exact) mass is 420 g/mol. The number of amides is 2. The first-order valence-corrected chi connectivity index (χ1v) is 11.2. The number of carbonyl (C=O) groups excluding carboxylic acids is 2. The van der Waals surface area contributed by atoms with E-state index < -0.39 is 0 Å². The fraction of sp³-hybridized carbons (Fsp3) is 0.440. The van der Waals surface area contributed by atoms with E-state index in [4.69, 9.17) is 0 Å². The van der Waals surface area contributed by atoms with Crippen LogP contribution in [0.25, 0.3) is 11.8 Å². The van der Waals surface area contributed by atoms with E-state index in [2.05, 4.69) is 65.9 Å². The van der Waals surface area contributed by atoms with Crippen LogP contribution in [0.3, 0.4) is 0 Å². The van der Waals surface area contributed by atoms with Crippen molar-refractivity contribution in [2.45, 2.75) is 39.7 Å². The molecule has 1 N–H and O–H groups in total. The highest BCUT2D eigenvalue weighted by Crippen LogP contribution is 2.22. The fourth-order valence-electron chi connectivity index (χ4n) is 4.14. The van der Waals surface area contributed by atoms with Gasteiger partial charge in [-0.3, -0.25) is 14.5 Å². The number of benzene rings is 1. The van der Waals surface area contributed by atoms with Crippen LogP contribution in [-0.2, 0) is 9.59 Å². The minimum atomic E-state index is 0.0298. The third-order valence-corrected chi connectivity index (χ3v) is 6.16. The number of hydrogen-bond acceptors (Lipinski definition) is 3. The zero-order valence-corrected chi connectivity index (χ0v) is 18.7. The summed E-state index contributed by atoms with van der Waals surface area (Å²) < 4.78 is 2.22. The number of rotatable bonds is 6. The van der Waals surface area contributed by atoms with E-state index >= 15 is 0 Å². The van der Waals surface area contributed by atoms with Gasteiger partial charge in [-0.05, 0) is 63.5 Å². The summed E-state index contributed by atoms with van der Waals surface area (Å²) in [7, 11) is 0. The number of nitrogens with zero attached hydrogens (tertiary/aromatic N) is 3. The van der Waals surface area contributed by atoms with Gasteiger partial charge < -0.3 is 14.8 Å². The predicted molar refractivity (Wildman–Crippen MR) is 123 cm³/mol. The second kappa shape index (κ2) is 9.10. The van der Waals surface area contributed by atoms with Crippen LogP contribution in [0.4, 0.5) is 0 Å². The van der Waals surface area contributed by atoms with Gasteiger partial charge in [0.2, 0.25) is 11.8 Å². The fourth-order valence-corrected chi connectivity index (χ4v) is 4.14. The molecule has 1 aliphatic heterocycles. The summed E-state index contributed by atoms with van der Waals surface area (Å²) >= 11 is 0. The maximum absolute atomic E-state index is 12.7. The Hall–Kier alpha value is -2.86. The van der Waals surface area contributed by atoms with Gasteiger partial charge in [0, 0.05) is 55.4 Å². The molecule has 1 saturated carbocycles. The molecular formula is C25H32N4O2. The van der Waals surface area contributed by atoms with Crippen LogP contribution in [0.2, 0.25) is 0 Å². The van der Waals surface area contributed by atoms with Crippen molar-refractivity contribution in [1.82, 2.24) is 19.7 Å². The van der Waals surface area contributed by atoms with Gasteiger partial charge in [-0.2, -0.15) is 0 Å².